The minimum Gasteiger partial charge on any atom is -0.481 e. The van der Waals surface area contributed by atoms with Crippen molar-refractivity contribution < 1.29 is 14.7 Å². The van der Waals surface area contributed by atoms with Gasteiger partial charge in [-0.25, -0.2) is 4.79 Å². The van der Waals surface area contributed by atoms with Gasteiger partial charge >= 0.3 is 12.0 Å². The average molecular weight is 256 g/mol. The van der Waals surface area contributed by atoms with Gasteiger partial charge in [0.05, 0.1) is 0 Å². The Bertz CT molecular complexity index is 263. The third kappa shape index (κ3) is 7.14. The molecule has 1 aliphatic carbocycles. The van der Waals surface area contributed by atoms with Crippen molar-refractivity contribution in [3.05, 3.63) is 0 Å². The van der Waals surface area contributed by atoms with E-state index in [0.717, 1.165) is 12.3 Å². The molecule has 0 aromatic carbocycles. The van der Waals surface area contributed by atoms with Gasteiger partial charge in [0, 0.05) is 19.5 Å². The molecule has 1 aliphatic rings. The molecule has 0 unspecified atom stereocenters. The molecule has 0 aromatic heterocycles. The molecular formula is C13H24N2O3. The summed E-state index contributed by atoms with van der Waals surface area (Å²) in [5, 5.41) is 13.9. The zero-order valence-corrected chi connectivity index (χ0v) is 10.9. The van der Waals surface area contributed by atoms with Crippen molar-refractivity contribution in [1.29, 1.82) is 0 Å². The largest absolute Gasteiger partial charge is 0.481 e. The third-order valence-corrected chi connectivity index (χ3v) is 3.40. The standard InChI is InChI=1S/C13H24N2O3/c16-12(17)8-4-10-15-13(18)14-9-3-7-11-5-1-2-6-11/h11H,1-10H2,(H,16,17)(H2,14,15,18). The average Bonchev–Trinajstić information content (AvgIpc) is 2.83. The van der Waals surface area contributed by atoms with Gasteiger partial charge in [0.25, 0.3) is 0 Å². The van der Waals surface area contributed by atoms with E-state index in [4.69, 9.17) is 5.11 Å². The number of carboxylic acids is 1. The fourth-order valence-electron chi connectivity index (χ4n) is 2.40. The monoisotopic (exact) mass is 256 g/mol. The minimum absolute atomic E-state index is 0.0992. The quantitative estimate of drug-likeness (QED) is 0.582. The van der Waals surface area contributed by atoms with Gasteiger partial charge in [-0.1, -0.05) is 25.7 Å². The van der Waals surface area contributed by atoms with Gasteiger partial charge in [-0.15, -0.1) is 0 Å². The molecule has 18 heavy (non-hydrogen) atoms. The number of hydrogen-bond donors (Lipinski definition) is 3. The molecule has 0 atom stereocenters. The lowest BCUT2D eigenvalue weighted by Crippen LogP contribution is -2.36. The molecule has 104 valence electrons. The summed E-state index contributed by atoms with van der Waals surface area (Å²) in [6.07, 6.45) is 8.24. The summed E-state index contributed by atoms with van der Waals surface area (Å²) in [6.45, 7) is 1.13. The summed E-state index contributed by atoms with van der Waals surface area (Å²) in [4.78, 5) is 21.6. The molecule has 3 N–H and O–H groups in total. The van der Waals surface area contributed by atoms with E-state index in [1.165, 1.54) is 32.1 Å². The fraction of sp³-hybridized carbons (Fsp3) is 0.846. The number of carbonyl (C=O) groups is 2. The predicted molar refractivity (Wildman–Crippen MR) is 69.5 cm³/mol. The van der Waals surface area contributed by atoms with Crippen molar-refractivity contribution in [1.82, 2.24) is 10.6 Å². The summed E-state index contributed by atoms with van der Waals surface area (Å²) >= 11 is 0. The Kier molecular flexibility index (Phi) is 7.22. The summed E-state index contributed by atoms with van der Waals surface area (Å²) < 4.78 is 0. The van der Waals surface area contributed by atoms with Crippen LogP contribution in [0.5, 0.6) is 0 Å². The smallest absolute Gasteiger partial charge is 0.314 e. The van der Waals surface area contributed by atoms with Crippen molar-refractivity contribution in [2.24, 2.45) is 5.92 Å². The van der Waals surface area contributed by atoms with Crippen LogP contribution in [0.15, 0.2) is 0 Å². The third-order valence-electron chi connectivity index (χ3n) is 3.40. The number of amides is 2. The first-order chi connectivity index (χ1) is 8.68. The summed E-state index contributed by atoms with van der Waals surface area (Å²) in [5.74, 6) is 0.0409. The molecule has 5 heteroatoms. The van der Waals surface area contributed by atoms with E-state index in [0.29, 0.717) is 19.5 Å². The highest BCUT2D eigenvalue weighted by Gasteiger charge is 2.14. The van der Waals surface area contributed by atoms with E-state index in [1.807, 2.05) is 0 Å². The van der Waals surface area contributed by atoms with Crippen molar-refractivity contribution >= 4 is 12.0 Å². The lowest BCUT2D eigenvalue weighted by molar-refractivity contribution is -0.137. The van der Waals surface area contributed by atoms with Crippen LogP contribution in [0.1, 0.15) is 51.4 Å². The maximum Gasteiger partial charge on any atom is 0.314 e. The molecule has 5 nitrogen and oxygen atoms in total. The van der Waals surface area contributed by atoms with Crippen LogP contribution in [-0.2, 0) is 4.79 Å². The van der Waals surface area contributed by atoms with E-state index < -0.39 is 5.97 Å². The summed E-state index contributed by atoms with van der Waals surface area (Å²) in [6, 6.07) is -0.188. The van der Waals surface area contributed by atoms with Crippen molar-refractivity contribution in [2.45, 2.75) is 51.4 Å². The maximum atomic E-state index is 11.3. The van der Waals surface area contributed by atoms with Crippen LogP contribution in [0.25, 0.3) is 0 Å². The second-order valence-electron chi connectivity index (χ2n) is 4.97. The second-order valence-corrected chi connectivity index (χ2v) is 4.97. The summed E-state index contributed by atoms with van der Waals surface area (Å²) in [7, 11) is 0. The number of nitrogens with one attached hydrogen (secondary N) is 2. The van der Waals surface area contributed by atoms with E-state index >= 15 is 0 Å². The van der Waals surface area contributed by atoms with Crippen LogP contribution in [-0.4, -0.2) is 30.2 Å². The van der Waals surface area contributed by atoms with Gasteiger partial charge in [0.15, 0.2) is 0 Å². The van der Waals surface area contributed by atoms with Gasteiger partial charge in [-0.2, -0.15) is 0 Å². The summed E-state index contributed by atoms with van der Waals surface area (Å²) in [5.41, 5.74) is 0. The Morgan fingerprint density at radius 3 is 2.28 bits per heavy atom. The van der Waals surface area contributed by atoms with Crippen molar-refractivity contribution in [3.63, 3.8) is 0 Å². The van der Waals surface area contributed by atoms with E-state index in [-0.39, 0.29) is 12.5 Å². The maximum absolute atomic E-state index is 11.3. The van der Waals surface area contributed by atoms with Gasteiger partial charge < -0.3 is 15.7 Å². The molecule has 0 bridgehead atoms. The van der Waals surface area contributed by atoms with Crippen LogP contribution < -0.4 is 10.6 Å². The van der Waals surface area contributed by atoms with Gasteiger partial charge in [-0.05, 0) is 25.2 Å². The van der Waals surface area contributed by atoms with Crippen molar-refractivity contribution in [2.75, 3.05) is 13.1 Å². The van der Waals surface area contributed by atoms with Crippen LogP contribution in [0.2, 0.25) is 0 Å². The Morgan fingerprint density at radius 2 is 1.67 bits per heavy atom. The van der Waals surface area contributed by atoms with Crippen LogP contribution in [0, 0.1) is 5.92 Å². The Hall–Kier alpha value is -1.26. The van der Waals surface area contributed by atoms with Gasteiger partial charge in [0.2, 0.25) is 0 Å². The molecule has 1 fully saturated rings. The highest BCUT2D eigenvalue weighted by molar-refractivity contribution is 5.73. The zero-order chi connectivity index (χ0) is 13.2. The van der Waals surface area contributed by atoms with E-state index in [1.54, 1.807) is 0 Å². The molecule has 0 saturated heterocycles. The zero-order valence-electron chi connectivity index (χ0n) is 10.9. The molecule has 0 spiro atoms. The molecular weight excluding hydrogens is 232 g/mol. The molecule has 0 heterocycles. The normalized spacial score (nSPS) is 15.6. The number of hydrogen-bond acceptors (Lipinski definition) is 2. The molecule has 2 amide bonds. The highest BCUT2D eigenvalue weighted by Crippen LogP contribution is 2.28. The minimum atomic E-state index is -0.825. The topological polar surface area (TPSA) is 78.4 Å². The molecule has 1 saturated carbocycles. The number of aliphatic carboxylic acids is 1. The van der Waals surface area contributed by atoms with Gasteiger partial charge in [-0.3, -0.25) is 4.79 Å². The number of carboxylic acid groups (broad SMARTS) is 1. The highest BCUT2D eigenvalue weighted by atomic mass is 16.4. The molecule has 0 radical (unpaired) electrons. The Morgan fingerprint density at radius 1 is 1.06 bits per heavy atom. The predicted octanol–water partition coefficient (Wildman–Crippen LogP) is 2.12. The number of carbonyl (C=O) groups excluding carboxylic acids is 1. The van der Waals surface area contributed by atoms with E-state index in [2.05, 4.69) is 10.6 Å². The lowest BCUT2D eigenvalue weighted by Gasteiger charge is -2.10. The number of rotatable bonds is 8. The van der Waals surface area contributed by atoms with Crippen LogP contribution in [0.3, 0.4) is 0 Å². The van der Waals surface area contributed by atoms with E-state index in [9.17, 15) is 9.59 Å². The first kappa shape index (κ1) is 14.8. The lowest BCUT2D eigenvalue weighted by atomic mass is 10.0. The molecule has 0 aliphatic heterocycles. The van der Waals surface area contributed by atoms with Crippen LogP contribution >= 0.6 is 0 Å². The number of urea groups is 1. The molecule has 0 aromatic rings. The van der Waals surface area contributed by atoms with Gasteiger partial charge in [0.1, 0.15) is 0 Å². The Labute approximate surface area is 108 Å². The first-order valence-electron chi connectivity index (χ1n) is 6.92. The molecule has 1 rings (SSSR count). The fourth-order valence-corrected chi connectivity index (χ4v) is 2.40. The Balaban J connectivity index is 1.88. The second kappa shape index (κ2) is 8.78. The first-order valence-corrected chi connectivity index (χ1v) is 6.92. The van der Waals surface area contributed by atoms with Crippen molar-refractivity contribution in [3.8, 4) is 0 Å². The SMILES string of the molecule is O=C(O)CCCNC(=O)NCCCC1CCCC1. The van der Waals surface area contributed by atoms with Crippen LogP contribution in [0.4, 0.5) is 4.79 Å².